The van der Waals surface area contributed by atoms with Crippen LogP contribution in [-0.4, -0.2) is 17.8 Å². The third kappa shape index (κ3) is 2.32. The van der Waals surface area contributed by atoms with Gasteiger partial charge < -0.3 is 9.84 Å². The van der Waals surface area contributed by atoms with Gasteiger partial charge in [-0.05, 0) is 25.0 Å². The Hall–Kier alpha value is -0.610. The minimum absolute atomic E-state index is 0.235. The lowest BCUT2D eigenvalue weighted by Gasteiger charge is -2.13. The van der Waals surface area contributed by atoms with Crippen LogP contribution >= 0.6 is 15.9 Å². The van der Waals surface area contributed by atoms with E-state index in [-0.39, 0.29) is 5.75 Å². The molecule has 0 spiro atoms. The van der Waals surface area contributed by atoms with Crippen molar-refractivity contribution in [2.75, 3.05) is 7.11 Å². The Morgan fingerprint density at radius 2 is 2.20 bits per heavy atom. The SMILES string of the molecule is COc1c(F)cc(Br)cc1CC1(O)CC1. The summed E-state index contributed by atoms with van der Waals surface area (Å²) in [6.07, 6.45) is 2.01. The standard InChI is InChI=1S/C11H12BrFO2/c1-15-10-7(6-11(14)2-3-11)4-8(12)5-9(10)13/h4-5,14H,2-3,6H2,1H3. The fraction of sp³-hybridized carbons (Fsp3) is 0.455. The van der Waals surface area contributed by atoms with Crippen LogP contribution in [0.15, 0.2) is 16.6 Å². The highest BCUT2D eigenvalue weighted by molar-refractivity contribution is 9.10. The number of rotatable bonds is 3. The van der Waals surface area contributed by atoms with Crippen LogP contribution in [0.5, 0.6) is 5.75 Å². The van der Waals surface area contributed by atoms with Crippen LogP contribution in [-0.2, 0) is 6.42 Å². The van der Waals surface area contributed by atoms with Gasteiger partial charge in [0.1, 0.15) is 0 Å². The van der Waals surface area contributed by atoms with Crippen LogP contribution in [0.3, 0.4) is 0 Å². The summed E-state index contributed by atoms with van der Waals surface area (Å²) in [5.74, 6) is -0.162. The number of aliphatic hydroxyl groups is 1. The molecule has 1 aromatic rings. The number of hydrogen-bond donors (Lipinski definition) is 1. The number of benzene rings is 1. The van der Waals surface area contributed by atoms with Crippen molar-refractivity contribution in [1.29, 1.82) is 0 Å². The van der Waals surface area contributed by atoms with Crippen molar-refractivity contribution in [2.45, 2.75) is 24.9 Å². The van der Waals surface area contributed by atoms with E-state index in [1.165, 1.54) is 13.2 Å². The average molecular weight is 275 g/mol. The zero-order chi connectivity index (χ0) is 11.1. The van der Waals surface area contributed by atoms with Crippen molar-refractivity contribution in [1.82, 2.24) is 0 Å². The van der Waals surface area contributed by atoms with Crippen LogP contribution in [0.2, 0.25) is 0 Å². The van der Waals surface area contributed by atoms with Crippen molar-refractivity contribution < 1.29 is 14.2 Å². The van der Waals surface area contributed by atoms with Gasteiger partial charge in [0.05, 0.1) is 12.7 Å². The molecule has 0 aromatic heterocycles. The molecule has 0 unspecified atom stereocenters. The average Bonchev–Trinajstić information content (AvgIpc) is 2.82. The summed E-state index contributed by atoms with van der Waals surface area (Å²) < 4.78 is 19.1. The molecule has 0 aliphatic heterocycles. The van der Waals surface area contributed by atoms with Gasteiger partial charge in [-0.3, -0.25) is 0 Å². The van der Waals surface area contributed by atoms with Gasteiger partial charge in [-0.25, -0.2) is 4.39 Å². The van der Waals surface area contributed by atoms with Crippen LogP contribution in [0.25, 0.3) is 0 Å². The second kappa shape index (κ2) is 3.76. The number of hydrogen-bond acceptors (Lipinski definition) is 2. The third-order valence-corrected chi connectivity index (χ3v) is 3.09. The molecule has 1 aliphatic rings. The monoisotopic (exact) mass is 274 g/mol. The molecule has 15 heavy (non-hydrogen) atoms. The van der Waals surface area contributed by atoms with E-state index in [4.69, 9.17) is 4.74 Å². The van der Waals surface area contributed by atoms with Gasteiger partial charge in [-0.2, -0.15) is 0 Å². The first kappa shape index (κ1) is 10.9. The van der Waals surface area contributed by atoms with Crippen molar-refractivity contribution in [3.8, 4) is 5.75 Å². The number of ether oxygens (including phenoxy) is 1. The molecule has 0 atom stereocenters. The lowest BCUT2D eigenvalue weighted by molar-refractivity contribution is 0.149. The molecule has 0 amide bonds. The molecule has 1 aliphatic carbocycles. The predicted molar refractivity (Wildman–Crippen MR) is 58.5 cm³/mol. The summed E-state index contributed by atoms with van der Waals surface area (Å²) in [6, 6.07) is 3.15. The van der Waals surface area contributed by atoms with Gasteiger partial charge in [0.2, 0.25) is 0 Å². The number of methoxy groups -OCH3 is 1. The summed E-state index contributed by atoms with van der Waals surface area (Å²) in [6.45, 7) is 0. The second-order valence-corrected chi connectivity index (χ2v) is 4.90. The van der Waals surface area contributed by atoms with Gasteiger partial charge in [0.25, 0.3) is 0 Å². The molecular weight excluding hydrogens is 263 g/mol. The normalized spacial score (nSPS) is 17.6. The first-order valence-corrected chi connectivity index (χ1v) is 5.58. The van der Waals surface area contributed by atoms with Crippen LogP contribution in [0.1, 0.15) is 18.4 Å². The van der Waals surface area contributed by atoms with Gasteiger partial charge >= 0.3 is 0 Å². The summed E-state index contributed by atoms with van der Waals surface area (Å²) in [5.41, 5.74) is 0.0740. The van der Waals surface area contributed by atoms with E-state index in [9.17, 15) is 9.50 Å². The van der Waals surface area contributed by atoms with Gasteiger partial charge in [-0.15, -0.1) is 0 Å². The van der Waals surface area contributed by atoms with Gasteiger partial charge in [0.15, 0.2) is 11.6 Å². The van der Waals surface area contributed by atoms with Gasteiger partial charge in [-0.1, -0.05) is 15.9 Å². The maximum Gasteiger partial charge on any atom is 0.166 e. The van der Waals surface area contributed by atoms with Crippen molar-refractivity contribution in [2.24, 2.45) is 0 Å². The van der Waals surface area contributed by atoms with E-state index in [0.29, 0.717) is 16.5 Å². The van der Waals surface area contributed by atoms with Gasteiger partial charge in [0, 0.05) is 16.5 Å². The molecule has 1 aromatic carbocycles. The Morgan fingerprint density at radius 3 is 2.73 bits per heavy atom. The smallest absolute Gasteiger partial charge is 0.166 e. The van der Waals surface area contributed by atoms with Crippen LogP contribution < -0.4 is 4.74 Å². The van der Waals surface area contributed by atoms with Crippen LogP contribution in [0.4, 0.5) is 4.39 Å². The minimum Gasteiger partial charge on any atom is -0.493 e. The highest BCUT2D eigenvalue weighted by atomic mass is 79.9. The molecule has 0 saturated heterocycles. The van der Waals surface area contributed by atoms with E-state index in [0.717, 1.165) is 12.8 Å². The molecule has 0 bridgehead atoms. The van der Waals surface area contributed by atoms with Crippen molar-refractivity contribution in [3.05, 3.63) is 28.0 Å². The largest absolute Gasteiger partial charge is 0.493 e. The molecule has 2 rings (SSSR count). The van der Waals surface area contributed by atoms with Crippen LogP contribution in [0, 0.1) is 5.82 Å². The molecule has 82 valence electrons. The fourth-order valence-electron chi connectivity index (χ4n) is 1.65. The second-order valence-electron chi connectivity index (χ2n) is 3.98. The molecule has 0 radical (unpaired) electrons. The zero-order valence-electron chi connectivity index (χ0n) is 8.39. The Bertz CT molecular complexity index is 388. The third-order valence-electron chi connectivity index (χ3n) is 2.64. The Kier molecular flexibility index (Phi) is 2.73. The molecule has 1 saturated carbocycles. The highest BCUT2D eigenvalue weighted by Gasteiger charge is 2.41. The maximum atomic E-state index is 13.5. The molecular formula is C11H12BrFO2. The maximum absolute atomic E-state index is 13.5. The zero-order valence-corrected chi connectivity index (χ0v) is 9.97. The lowest BCUT2D eigenvalue weighted by Crippen LogP contribution is -2.12. The minimum atomic E-state index is -0.638. The quantitative estimate of drug-likeness (QED) is 0.919. The first-order chi connectivity index (χ1) is 7.04. The first-order valence-electron chi connectivity index (χ1n) is 4.78. The topological polar surface area (TPSA) is 29.5 Å². The number of halogens is 2. The predicted octanol–water partition coefficient (Wildman–Crippen LogP) is 2.66. The summed E-state index contributed by atoms with van der Waals surface area (Å²) >= 11 is 3.23. The lowest BCUT2D eigenvalue weighted by atomic mass is 10.1. The van der Waals surface area contributed by atoms with Crippen molar-refractivity contribution >= 4 is 15.9 Å². The van der Waals surface area contributed by atoms with E-state index >= 15 is 0 Å². The Morgan fingerprint density at radius 1 is 1.53 bits per heavy atom. The van der Waals surface area contributed by atoms with E-state index < -0.39 is 11.4 Å². The molecule has 1 N–H and O–H groups in total. The van der Waals surface area contributed by atoms with E-state index in [2.05, 4.69) is 15.9 Å². The molecule has 4 heteroatoms. The molecule has 0 heterocycles. The Labute approximate surface area is 96.2 Å². The molecule has 1 fully saturated rings. The fourth-order valence-corrected chi connectivity index (χ4v) is 2.13. The molecule has 2 nitrogen and oxygen atoms in total. The van der Waals surface area contributed by atoms with E-state index in [1.807, 2.05) is 0 Å². The summed E-state index contributed by atoms with van der Waals surface area (Å²) in [7, 11) is 1.44. The highest BCUT2D eigenvalue weighted by Crippen LogP contribution is 2.41. The summed E-state index contributed by atoms with van der Waals surface area (Å²) in [5, 5.41) is 9.79. The summed E-state index contributed by atoms with van der Waals surface area (Å²) in [4.78, 5) is 0. The van der Waals surface area contributed by atoms with Crippen molar-refractivity contribution in [3.63, 3.8) is 0 Å². The van der Waals surface area contributed by atoms with E-state index in [1.54, 1.807) is 6.07 Å². The Balaban J connectivity index is 2.35.